The van der Waals surface area contributed by atoms with E-state index >= 15 is 0 Å². The molecule has 1 aliphatic rings. The molecule has 0 saturated heterocycles. The fourth-order valence-electron chi connectivity index (χ4n) is 3.68. The number of benzene rings is 2. The molecule has 0 aliphatic heterocycles. The van der Waals surface area contributed by atoms with Crippen LogP contribution in [0.1, 0.15) is 43.4 Å². The Morgan fingerprint density at radius 3 is 2.22 bits per heavy atom. The molecule has 1 aliphatic carbocycles. The van der Waals surface area contributed by atoms with Crippen molar-refractivity contribution in [1.29, 1.82) is 0 Å². The molecule has 204 valence electrons. The largest absolute Gasteiger partial charge is 0.497 e. The molecule has 0 spiro atoms. The van der Waals surface area contributed by atoms with Crippen LogP contribution in [-0.2, 0) is 28.9 Å². The summed E-state index contributed by atoms with van der Waals surface area (Å²) in [7, 11) is 6.81. The summed E-state index contributed by atoms with van der Waals surface area (Å²) >= 11 is 0. The first-order valence-corrected chi connectivity index (χ1v) is 12.3. The lowest BCUT2D eigenvalue weighted by atomic mass is 10.1. The van der Waals surface area contributed by atoms with Crippen molar-refractivity contribution in [3.05, 3.63) is 53.1 Å². The standard InChI is InChI=1S/C11H15N3O3.C11H15NO.C6H12O/c1-16-8-4-3-7(5-9(8)17-2)6-10(15)14-11(12)13;1-12-10-5-8-3-4-11(13-2)7-9(8)6-10;1-6(2)4-3-5-7/h3-5H,6H2,1-2H3,(H4,12,13,14,15);3-4,7,10,12H,5-6H2,1-2H3;5-6H,3-4H2,1-2H3. The highest BCUT2D eigenvalue weighted by Crippen LogP contribution is 2.28. The topological polar surface area (TPSA) is 138 Å². The van der Waals surface area contributed by atoms with Gasteiger partial charge in [0.1, 0.15) is 12.0 Å². The zero-order valence-electron chi connectivity index (χ0n) is 22.9. The molecule has 1 unspecified atom stereocenters. The average molecular weight is 515 g/mol. The lowest BCUT2D eigenvalue weighted by Crippen LogP contribution is -2.24. The van der Waals surface area contributed by atoms with Crippen LogP contribution in [0.2, 0.25) is 0 Å². The Bertz CT molecular complexity index is 1020. The van der Waals surface area contributed by atoms with Crippen LogP contribution >= 0.6 is 0 Å². The van der Waals surface area contributed by atoms with Gasteiger partial charge in [0.2, 0.25) is 0 Å². The van der Waals surface area contributed by atoms with Crippen molar-refractivity contribution in [2.75, 3.05) is 28.4 Å². The van der Waals surface area contributed by atoms with Gasteiger partial charge in [-0.2, -0.15) is 4.99 Å². The van der Waals surface area contributed by atoms with Gasteiger partial charge in [-0.25, -0.2) is 0 Å². The zero-order valence-corrected chi connectivity index (χ0v) is 22.9. The van der Waals surface area contributed by atoms with E-state index in [0.29, 0.717) is 23.5 Å². The summed E-state index contributed by atoms with van der Waals surface area (Å²) in [5, 5.41) is 3.31. The second-order valence-corrected chi connectivity index (χ2v) is 8.96. The third-order valence-corrected chi connectivity index (χ3v) is 5.67. The fourth-order valence-corrected chi connectivity index (χ4v) is 3.68. The summed E-state index contributed by atoms with van der Waals surface area (Å²) in [6, 6.07) is 12.1. The minimum atomic E-state index is -0.405. The van der Waals surface area contributed by atoms with Crippen LogP contribution in [0.25, 0.3) is 0 Å². The molecular weight excluding hydrogens is 472 g/mol. The van der Waals surface area contributed by atoms with Crippen LogP contribution in [-0.4, -0.2) is 52.6 Å². The Kier molecular flexibility index (Phi) is 14.4. The van der Waals surface area contributed by atoms with Gasteiger partial charge in [0.15, 0.2) is 17.5 Å². The van der Waals surface area contributed by atoms with Crippen LogP contribution in [0, 0.1) is 5.92 Å². The molecule has 9 heteroatoms. The Labute approximate surface area is 220 Å². The van der Waals surface area contributed by atoms with Crippen molar-refractivity contribution in [1.82, 2.24) is 5.32 Å². The maximum atomic E-state index is 11.4. The number of guanidine groups is 1. The smallest absolute Gasteiger partial charge is 0.253 e. The van der Waals surface area contributed by atoms with Crippen LogP contribution in [0.5, 0.6) is 17.2 Å². The summed E-state index contributed by atoms with van der Waals surface area (Å²) in [4.78, 5) is 24.5. The van der Waals surface area contributed by atoms with Crippen molar-refractivity contribution < 1.29 is 23.8 Å². The number of hydrogen-bond acceptors (Lipinski definition) is 6. The first kappa shape index (κ1) is 31.4. The van der Waals surface area contributed by atoms with E-state index in [4.69, 9.17) is 25.7 Å². The molecule has 0 bridgehead atoms. The molecule has 0 fully saturated rings. The molecule has 1 atom stereocenters. The van der Waals surface area contributed by atoms with E-state index in [-0.39, 0.29) is 12.4 Å². The van der Waals surface area contributed by atoms with Gasteiger partial charge in [0.05, 0.1) is 27.8 Å². The van der Waals surface area contributed by atoms with Crippen LogP contribution < -0.4 is 31.0 Å². The van der Waals surface area contributed by atoms with Gasteiger partial charge < -0.3 is 35.8 Å². The molecular formula is C28H42N4O5. The fraction of sp³-hybridized carbons (Fsp3) is 0.464. The number of amides is 1. The number of fused-ring (bicyclic) bond motifs is 1. The maximum Gasteiger partial charge on any atom is 0.253 e. The number of nitrogens with one attached hydrogen (secondary N) is 1. The lowest BCUT2D eigenvalue weighted by molar-refractivity contribution is -0.117. The number of ether oxygens (including phenoxy) is 3. The van der Waals surface area contributed by atoms with Crippen molar-refractivity contribution >= 4 is 18.2 Å². The number of nitrogens with two attached hydrogens (primary N) is 2. The van der Waals surface area contributed by atoms with Crippen molar-refractivity contribution in [3.63, 3.8) is 0 Å². The molecule has 5 N–H and O–H groups in total. The summed E-state index contributed by atoms with van der Waals surface area (Å²) in [5.41, 5.74) is 13.9. The van der Waals surface area contributed by atoms with E-state index in [1.54, 1.807) is 32.4 Å². The Balaban J connectivity index is 0.000000302. The van der Waals surface area contributed by atoms with E-state index in [9.17, 15) is 9.59 Å². The van der Waals surface area contributed by atoms with Gasteiger partial charge in [-0.3, -0.25) is 4.79 Å². The number of aliphatic imine (C=N–C) groups is 1. The number of hydrogen-bond donors (Lipinski definition) is 3. The number of nitrogens with zero attached hydrogens (tertiary/aromatic N) is 1. The summed E-state index contributed by atoms with van der Waals surface area (Å²) in [6.45, 7) is 4.23. The Morgan fingerprint density at radius 1 is 1.03 bits per heavy atom. The molecule has 2 aromatic carbocycles. The van der Waals surface area contributed by atoms with Crippen molar-refractivity contribution in [2.45, 2.75) is 52.0 Å². The van der Waals surface area contributed by atoms with Gasteiger partial charge in [-0.05, 0) is 73.2 Å². The van der Waals surface area contributed by atoms with E-state index in [1.807, 2.05) is 13.1 Å². The van der Waals surface area contributed by atoms with E-state index in [1.165, 1.54) is 18.2 Å². The van der Waals surface area contributed by atoms with E-state index in [2.05, 4.69) is 36.3 Å². The molecule has 1 amide bonds. The average Bonchev–Trinajstić information content (AvgIpc) is 3.30. The molecule has 3 rings (SSSR count). The predicted octanol–water partition coefficient (Wildman–Crippen LogP) is 3.05. The van der Waals surface area contributed by atoms with Crippen molar-refractivity contribution in [3.8, 4) is 17.2 Å². The van der Waals surface area contributed by atoms with Gasteiger partial charge in [0.25, 0.3) is 5.91 Å². The third kappa shape index (κ3) is 11.8. The number of carbonyl (C=O) groups is 2. The first-order chi connectivity index (χ1) is 17.7. The second kappa shape index (κ2) is 17.0. The van der Waals surface area contributed by atoms with Crippen LogP contribution in [0.15, 0.2) is 41.4 Å². The van der Waals surface area contributed by atoms with E-state index < -0.39 is 5.91 Å². The van der Waals surface area contributed by atoms with Crippen LogP contribution in [0.3, 0.4) is 0 Å². The Hall–Kier alpha value is -3.59. The minimum Gasteiger partial charge on any atom is -0.497 e. The number of aldehydes is 1. The van der Waals surface area contributed by atoms with Crippen molar-refractivity contribution in [2.24, 2.45) is 22.4 Å². The molecule has 0 heterocycles. The summed E-state index contributed by atoms with van der Waals surface area (Å²) in [5.74, 6) is 2.15. The molecule has 37 heavy (non-hydrogen) atoms. The molecule has 2 aromatic rings. The number of rotatable bonds is 9. The van der Waals surface area contributed by atoms with Gasteiger partial charge >= 0.3 is 0 Å². The molecule has 0 aromatic heterocycles. The second-order valence-electron chi connectivity index (χ2n) is 8.96. The van der Waals surface area contributed by atoms with E-state index in [0.717, 1.165) is 43.3 Å². The Morgan fingerprint density at radius 2 is 1.70 bits per heavy atom. The van der Waals surface area contributed by atoms with Crippen LogP contribution in [0.4, 0.5) is 0 Å². The highest BCUT2D eigenvalue weighted by Gasteiger charge is 2.19. The summed E-state index contributed by atoms with van der Waals surface area (Å²) < 4.78 is 15.4. The minimum absolute atomic E-state index is 0.109. The maximum absolute atomic E-state index is 11.4. The number of carbonyl (C=O) groups excluding carboxylic acids is 2. The zero-order chi connectivity index (χ0) is 27.8. The number of likely N-dealkylation sites (N-methyl/N-ethyl adjacent to an activating group) is 1. The first-order valence-electron chi connectivity index (χ1n) is 12.3. The quantitative estimate of drug-likeness (QED) is 0.264. The highest BCUT2D eigenvalue weighted by molar-refractivity contribution is 5.92. The van der Waals surface area contributed by atoms with Gasteiger partial charge in [0, 0.05) is 12.5 Å². The predicted molar refractivity (Wildman–Crippen MR) is 147 cm³/mol. The highest BCUT2D eigenvalue weighted by atomic mass is 16.5. The molecule has 9 nitrogen and oxygen atoms in total. The SMILES string of the molecule is CC(C)CCC=O.CNC1Cc2ccc(OC)cc2C1.COc1ccc(CC(=O)N=C(N)N)cc1OC. The number of methoxy groups -OCH3 is 3. The van der Waals surface area contributed by atoms with Gasteiger partial charge in [-0.1, -0.05) is 26.0 Å². The molecule has 0 radical (unpaired) electrons. The third-order valence-electron chi connectivity index (χ3n) is 5.67. The monoisotopic (exact) mass is 514 g/mol. The van der Waals surface area contributed by atoms with Gasteiger partial charge in [-0.15, -0.1) is 0 Å². The summed E-state index contributed by atoms with van der Waals surface area (Å²) in [6.07, 6.45) is 5.11. The lowest BCUT2D eigenvalue weighted by Gasteiger charge is -2.08. The molecule has 0 saturated carbocycles. The normalized spacial score (nSPS) is 13.2.